The predicted molar refractivity (Wildman–Crippen MR) is 81.7 cm³/mol. The van der Waals surface area contributed by atoms with Crippen LogP contribution in [0.15, 0.2) is 24.3 Å². The van der Waals surface area contributed by atoms with E-state index in [1.807, 2.05) is 36.4 Å². The molecule has 2 rings (SSSR count). The number of rotatable bonds is 3. The second-order valence-corrected chi connectivity index (χ2v) is 5.64. The van der Waals surface area contributed by atoms with Gasteiger partial charge in [0.15, 0.2) is 5.69 Å². The van der Waals surface area contributed by atoms with Crippen molar-refractivity contribution in [3.05, 3.63) is 45.0 Å². The summed E-state index contributed by atoms with van der Waals surface area (Å²) in [4.78, 5) is 11.7. The molecule has 0 spiro atoms. The van der Waals surface area contributed by atoms with Gasteiger partial charge in [-0.2, -0.15) is 5.10 Å². The quantitative estimate of drug-likeness (QED) is 0.597. The lowest BCUT2D eigenvalue weighted by Crippen LogP contribution is -2.07. The van der Waals surface area contributed by atoms with Crippen molar-refractivity contribution >= 4 is 28.6 Å². The summed E-state index contributed by atoms with van der Waals surface area (Å²) in [7, 11) is 1.30. The Bertz CT molecular complexity index is 653. The first-order valence-electron chi connectivity index (χ1n) is 6.09. The smallest absolute Gasteiger partial charge is 0.359 e. The molecule has 0 amide bonds. The average molecular weight is 388 g/mol. The highest BCUT2D eigenvalue weighted by atomic mass is 127. The van der Waals surface area contributed by atoms with Crippen LogP contribution in [-0.4, -0.2) is 22.9 Å². The molecule has 0 saturated carbocycles. The molecule has 0 bridgehead atoms. The summed E-state index contributed by atoms with van der Waals surface area (Å²) in [5.74, 6) is -0.816. The van der Waals surface area contributed by atoms with E-state index in [1.165, 1.54) is 17.9 Å². The zero-order chi connectivity index (χ0) is 14.9. The number of methoxy groups -OCH3 is 1. The highest BCUT2D eigenvalue weighted by molar-refractivity contribution is 14.1. The number of halogens is 2. The molecule has 106 valence electrons. The van der Waals surface area contributed by atoms with Crippen molar-refractivity contribution in [2.75, 3.05) is 7.11 Å². The Hall–Kier alpha value is -1.44. The number of nitrogens with zero attached hydrogens (tertiary/aromatic N) is 2. The number of aromatic nitrogens is 2. The molecule has 0 fully saturated rings. The number of esters is 1. The van der Waals surface area contributed by atoms with E-state index < -0.39 is 5.97 Å². The zero-order valence-electron chi connectivity index (χ0n) is 11.4. The average Bonchev–Trinajstić information content (AvgIpc) is 2.76. The fourth-order valence-electron chi connectivity index (χ4n) is 1.94. The number of carbonyl (C=O) groups excluding carboxylic acids is 1. The molecule has 1 aromatic heterocycles. The van der Waals surface area contributed by atoms with Crippen LogP contribution in [0.5, 0.6) is 0 Å². The maximum absolute atomic E-state index is 14.0. The lowest BCUT2D eigenvalue weighted by atomic mass is 10.1. The predicted octanol–water partition coefficient (Wildman–Crippen LogP) is 3.53. The van der Waals surface area contributed by atoms with Crippen molar-refractivity contribution in [2.45, 2.75) is 19.8 Å². The normalized spacial score (nSPS) is 10.9. The van der Waals surface area contributed by atoms with Crippen molar-refractivity contribution in [2.24, 2.45) is 0 Å². The Morgan fingerprint density at radius 1 is 1.40 bits per heavy atom. The topological polar surface area (TPSA) is 44.1 Å². The zero-order valence-corrected chi connectivity index (χ0v) is 13.5. The van der Waals surface area contributed by atoms with Crippen molar-refractivity contribution in [3.63, 3.8) is 0 Å². The Morgan fingerprint density at radius 3 is 2.60 bits per heavy atom. The summed E-state index contributed by atoms with van der Waals surface area (Å²) < 4.78 is 20.8. The molecule has 0 unspecified atom stereocenters. The van der Waals surface area contributed by atoms with Crippen molar-refractivity contribution in [3.8, 4) is 5.69 Å². The van der Waals surface area contributed by atoms with Gasteiger partial charge in [-0.1, -0.05) is 26.0 Å². The van der Waals surface area contributed by atoms with Gasteiger partial charge in [0.25, 0.3) is 0 Å². The second kappa shape index (κ2) is 5.90. The first-order valence-corrected chi connectivity index (χ1v) is 7.16. The molecule has 4 nitrogen and oxygen atoms in total. The fraction of sp³-hybridized carbons (Fsp3) is 0.286. The van der Waals surface area contributed by atoms with Gasteiger partial charge >= 0.3 is 5.97 Å². The van der Waals surface area contributed by atoms with Gasteiger partial charge < -0.3 is 4.74 Å². The molecule has 0 N–H and O–H groups in total. The van der Waals surface area contributed by atoms with Gasteiger partial charge in [-0.3, -0.25) is 0 Å². The maximum Gasteiger partial charge on any atom is 0.359 e. The number of para-hydroxylation sites is 1. The lowest BCUT2D eigenvalue weighted by Gasteiger charge is -2.11. The standard InChI is InChI=1S/C14H14FIN2O2/c1-8(2)13-11(16)12(14(19)20-3)17-18(13)10-7-5-4-6-9(10)15/h4-8H,1-3H3. The third kappa shape index (κ3) is 2.56. The van der Waals surface area contributed by atoms with Gasteiger partial charge in [0.2, 0.25) is 0 Å². The number of carbonyl (C=O) groups is 1. The molecule has 6 heteroatoms. The molecule has 20 heavy (non-hydrogen) atoms. The van der Waals surface area contributed by atoms with Crippen molar-refractivity contribution in [1.29, 1.82) is 0 Å². The lowest BCUT2D eigenvalue weighted by molar-refractivity contribution is 0.0592. The molecular formula is C14H14FIN2O2. The molecule has 0 aliphatic rings. The molecule has 1 aromatic carbocycles. The summed E-state index contributed by atoms with van der Waals surface area (Å²) >= 11 is 2.05. The summed E-state index contributed by atoms with van der Waals surface area (Å²) in [5.41, 5.74) is 1.32. The molecule has 0 radical (unpaired) electrons. The van der Waals surface area contributed by atoms with Crippen LogP contribution in [-0.2, 0) is 4.74 Å². The highest BCUT2D eigenvalue weighted by Crippen LogP contribution is 2.28. The van der Waals surface area contributed by atoms with Crippen molar-refractivity contribution < 1.29 is 13.9 Å². The number of hydrogen-bond acceptors (Lipinski definition) is 3. The third-order valence-electron chi connectivity index (χ3n) is 2.87. The van der Waals surface area contributed by atoms with Gasteiger partial charge in [-0.05, 0) is 40.6 Å². The van der Waals surface area contributed by atoms with Crippen LogP contribution in [0.4, 0.5) is 4.39 Å². The van der Waals surface area contributed by atoms with Gasteiger partial charge in [0, 0.05) is 0 Å². The summed E-state index contributed by atoms with van der Waals surface area (Å²) in [6, 6.07) is 6.34. The first kappa shape index (κ1) is 15.0. The van der Waals surface area contributed by atoms with E-state index in [-0.39, 0.29) is 17.4 Å². The number of benzene rings is 1. The van der Waals surface area contributed by atoms with Crippen LogP contribution in [0.1, 0.15) is 35.9 Å². The largest absolute Gasteiger partial charge is 0.464 e. The molecule has 0 atom stereocenters. The van der Waals surface area contributed by atoms with Crippen LogP contribution < -0.4 is 0 Å². The van der Waals surface area contributed by atoms with Crippen molar-refractivity contribution in [1.82, 2.24) is 9.78 Å². The minimum atomic E-state index is -0.522. The Kier molecular flexibility index (Phi) is 4.42. The van der Waals surface area contributed by atoms with Gasteiger partial charge in [0.1, 0.15) is 11.5 Å². The highest BCUT2D eigenvalue weighted by Gasteiger charge is 2.25. The second-order valence-electron chi connectivity index (χ2n) is 4.56. The van der Waals surface area contributed by atoms with E-state index in [4.69, 9.17) is 4.74 Å². The molecule has 1 heterocycles. The van der Waals surface area contributed by atoms with Crippen LogP contribution in [0, 0.1) is 9.39 Å². The van der Waals surface area contributed by atoms with Gasteiger partial charge in [0.05, 0.1) is 16.4 Å². The molecule has 0 saturated heterocycles. The van der Waals surface area contributed by atoms with E-state index in [9.17, 15) is 9.18 Å². The van der Waals surface area contributed by atoms with Crippen LogP contribution in [0.2, 0.25) is 0 Å². The molecule has 0 aliphatic heterocycles. The van der Waals surface area contributed by atoms with Gasteiger partial charge in [-0.25, -0.2) is 13.9 Å². The Morgan fingerprint density at radius 2 is 2.05 bits per heavy atom. The first-order chi connectivity index (χ1) is 9.47. The van der Waals surface area contributed by atoms with Crippen LogP contribution in [0.25, 0.3) is 5.69 Å². The SMILES string of the molecule is COC(=O)c1nn(-c2ccccc2F)c(C(C)C)c1I. The molecular weight excluding hydrogens is 374 g/mol. The van der Waals surface area contributed by atoms with E-state index in [0.717, 1.165) is 5.69 Å². The maximum atomic E-state index is 14.0. The monoisotopic (exact) mass is 388 g/mol. The minimum Gasteiger partial charge on any atom is -0.464 e. The summed E-state index contributed by atoms with van der Waals surface area (Å²) in [6.45, 7) is 3.94. The summed E-state index contributed by atoms with van der Waals surface area (Å²) in [5, 5.41) is 4.23. The minimum absolute atomic E-state index is 0.0902. The number of ether oxygens (including phenoxy) is 1. The van der Waals surface area contributed by atoms with Crippen LogP contribution in [0.3, 0.4) is 0 Å². The third-order valence-corrected chi connectivity index (χ3v) is 3.93. The van der Waals surface area contributed by atoms with Gasteiger partial charge in [-0.15, -0.1) is 0 Å². The summed E-state index contributed by atoms with van der Waals surface area (Å²) in [6.07, 6.45) is 0. The van der Waals surface area contributed by atoms with E-state index >= 15 is 0 Å². The van der Waals surface area contributed by atoms with E-state index in [1.54, 1.807) is 18.2 Å². The van der Waals surface area contributed by atoms with E-state index in [2.05, 4.69) is 5.10 Å². The number of hydrogen-bond donors (Lipinski definition) is 0. The molecule has 0 aliphatic carbocycles. The van der Waals surface area contributed by atoms with Crippen LogP contribution >= 0.6 is 22.6 Å². The Balaban J connectivity index is 2.70. The fourth-order valence-corrected chi connectivity index (χ4v) is 3.12. The Labute approximate surface area is 130 Å². The van der Waals surface area contributed by atoms with E-state index in [0.29, 0.717) is 9.26 Å². The molecule has 2 aromatic rings.